The molecule has 0 radical (unpaired) electrons. The molecule has 162 valence electrons. The Morgan fingerprint density at radius 1 is 0.935 bits per heavy atom. The van der Waals surface area contributed by atoms with Gasteiger partial charge in [0.25, 0.3) is 15.9 Å². The molecule has 1 amide bonds. The first-order valence-electron chi connectivity index (χ1n) is 9.46. The number of nitrogens with one attached hydrogen (secondary N) is 1. The summed E-state index contributed by atoms with van der Waals surface area (Å²) < 4.78 is 37.7. The molecule has 8 heteroatoms. The molecule has 0 aliphatic heterocycles. The summed E-state index contributed by atoms with van der Waals surface area (Å²) in [5.74, 6) is 0.652. The summed E-state index contributed by atoms with van der Waals surface area (Å²) in [6.07, 6.45) is 0. The summed E-state index contributed by atoms with van der Waals surface area (Å²) in [6.45, 7) is 1.79. The Balaban J connectivity index is 1.91. The van der Waals surface area contributed by atoms with Crippen LogP contribution in [0.15, 0.2) is 71.6 Å². The highest BCUT2D eigenvalue weighted by Crippen LogP contribution is 2.30. The normalized spacial score (nSPS) is 11.0. The van der Waals surface area contributed by atoms with E-state index in [1.165, 1.54) is 30.6 Å². The fourth-order valence-electron chi connectivity index (χ4n) is 3.07. The van der Waals surface area contributed by atoms with Crippen molar-refractivity contribution in [3.8, 4) is 11.5 Å². The third kappa shape index (κ3) is 4.64. The largest absolute Gasteiger partial charge is 0.497 e. The number of aryl methyl sites for hydroxylation is 1. The first-order chi connectivity index (χ1) is 14.8. The van der Waals surface area contributed by atoms with Gasteiger partial charge in [-0.3, -0.25) is 9.10 Å². The van der Waals surface area contributed by atoms with Crippen molar-refractivity contribution in [1.29, 1.82) is 0 Å². The van der Waals surface area contributed by atoms with Crippen molar-refractivity contribution in [1.82, 2.24) is 0 Å². The zero-order valence-corrected chi connectivity index (χ0v) is 18.6. The minimum absolute atomic E-state index is 0.176. The first kappa shape index (κ1) is 22.2. The molecule has 0 aliphatic rings. The minimum atomic E-state index is -3.77. The quantitative estimate of drug-likeness (QED) is 0.598. The van der Waals surface area contributed by atoms with Crippen LogP contribution in [-0.2, 0) is 10.0 Å². The number of hydrogen-bond acceptors (Lipinski definition) is 5. The van der Waals surface area contributed by atoms with Gasteiger partial charge in [0, 0.05) is 18.7 Å². The van der Waals surface area contributed by atoms with Gasteiger partial charge in [-0.15, -0.1) is 0 Å². The number of ether oxygens (including phenoxy) is 2. The van der Waals surface area contributed by atoms with Crippen LogP contribution < -0.4 is 19.1 Å². The average Bonchev–Trinajstić information content (AvgIpc) is 2.79. The lowest BCUT2D eigenvalue weighted by molar-refractivity contribution is 0.102. The van der Waals surface area contributed by atoms with Crippen molar-refractivity contribution in [3.05, 3.63) is 77.9 Å². The van der Waals surface area contributed by atoms with Gasteiger partial charge in [0.2, 0.25) is 0 Å². The molecule has 3 aromatic rings. The Kier molecular flexibility index (Phi) is 6.50. The van der Waals surface area contributed by atoms with Crippen LogP contribution in [0.3, 0.4) is 0 Å². The summed E-state index contributed by atoms with van der Waals surface area (Å²) >= 11 is 0. The smallest absolute Gasteiger partial charge is 0.264 e. The molecule has 0 aliphatic carbocycles. The van der Waals surface area contributed by atoms with Crippen LogP contribution in [0, 0.1) is 6.92 Å². The van der Waals surface area contributed by atoms with Gasteiger partial charge in [0.15, 0.2) is 0 Å². The molecule has 0 fully saturated rings. The molecule has 3 aromatic carbocycles. The van der Waals surface area contributed by atoms with Crippen LogP contribution in [0.2, 0.25) is 0 Å². The second-order valence-electron chi connectivity index (χ2n) is 6.81. The van der Waals surface area contributed by atoms with Crippen LogP contribution in [0.1, 0.15) is 15.9 Å². The highest BCUT2D eigenvalue weighted by molar-refractivity contribution is 7.92. The van der Waals surface area contributed by atoms with Crippen LogP contribution >= 0.6 is 0 Å². The highest BCUT2D eigenvalue weighted by atomic mass is 32.2. The Morgan fingerprint density at radius 2 is 1.65 bits per heavy atom. The van der Waals surface area contributed by atoms with Crippen LogP contribution in [0.4, 0.5) is 11.4 Å². The molecule has 31 heavy (non-hydrogen) atoms. The lowest BCUT2D eigenvalue weighted by Crippen LogP contribution is -2.27. The molecule has 0 bridgehead atoms. The fraction of sp³-hybridized carbons (Fsp3) is 0.174. The highest BCUT2D eigenvalue weighted by Gasteiger charge is 2.23. The fourth-order valence-corrected chi connectivity index (χ4v) is 4.34. The maximum absolute atomic E-state index is 13.0. The zero-order chi connectivity index (χ0) is 22.6. The number of nitrogens with zero attached hydrogens (tertiary/aromatic N) is 1. The number of benzene rings is 3. The third-order valence-corrected chi connectivity index (χ3v) is 6.65. The number of amides is 1. The molecule has 3 rings (SSSR count). The van der Waals surface area contributed by atoms with Gasteiger partial charge in [-0.25, -0.2) is 8.42 Å². The zero-order valence-electron chi connectivity index (χ0n) is 17.7. The van der Waals surface area contributed by atoms with E-state index in [0.717, 1.165) is 5.56 Å². The number of hydrogen-bond donors (Lipinski definition) is 1. The summed E-state index contributed by atoms with van der Waals surface area (Å²) in [6, 6.07) is 18.1. The van der Waals surface area contributed by atoms with Crippen molar-refractivity contribution < 1.29 is 22.7 Å². The van der Waals surface area contributed by atoms with E-state index in [0.29, 0.717) is 28.4 Å². The predicted molar refractivity (Wildman–Crippen MR) is 121 cm³/mol. The van der Waals surface area contributed by atoms with Crippen molar-refractivity contribution in [2.75, 3.05) is 30.9 Å². The molecule has 0 heterocycles. The second-order valence-corrected chi connectivity index (χ2v) is 8.78. The number of sulfonamides is 1. The standard InChI is InChI=1S/C23H24N2O5S/c1-16-10-11-17(23(26)24-20-13-12-18(29-3)15-22(20)30-4)14-21(16)25(2)31(27,28)19-8-6-5-7-9-19/h5-15H,1-4H3,(H,24,26). The monoisotopic (exact) mass is 440 g/mol. The second kappa shape index (κ2) is 9.09. The van der Waals surface area contributed by atoms with Crippen LogP contribution in [0.25, 0.3) is 0 Å². The van der Waals surface area contributed by atoms with E-state index in [4.69, 9.17) is 9.47 Å². The van der Waals surface area contributed by atoms with Gasteiger partial charge in [-0.2, -0.15) is 0 Å². The lowest BCUT2D eigenvalue weighted by Gasteiger charge is -2.22. The van der Waals surface area contributed by atoms with E-state index >= 15 is 0 Å². The average molecular weight is 441 g/mol. The molecule has 1 N–H and O–H groups in total. The van der Waals surface area contributed by atoms with E-state index in [-0.39, 0.29) is 4.90 Å². The molecule has 0 spiro atoms. The number of carbonyl (C=O) groups is 1. The summed E-state index contributed by atoms with van der Waals surface area (Å²) in [7, 11) is 0.745. The molecular weight excluding hydrogens is 416 g/mol. The van der Waals surface area contributed by atoms with E-state index in [1.807, 2.05) is 0 Å². The van der Waals surface area contributed by atoms with Crippen LogP contribution in [-0.4, -0.2) is 35.6 Å². The van der Waals surface area contributed by atoms with Gasteiger partial charge in [-0.05, 0) is 48.9 Å². The molecular formula is C23H24N2O5S. The molecule has 0 aromatic heterocycles. The van der Waals surface area contributed by atoms with E-state index in [2.05, 4.69) is 5.32 Å². The predicted octanol–water partition coefficient (Wildman–Crippen LogP) is 4.09. The van der Waals surface area contributed by atoms with Gasteiger partial charge >= 0.3 is 0 Å². The lowest BCUT2D eigenvalue weighted by atomic mass is 10.1. The number of methoxy groups -OCH3 is 2. The van der Waals surface area contributed by atoms with Crippen molar-refractivity contribution in [2.24, 2.45) is 0 Å². The van der Waals surface area contributed by atoms with E-state index < -0.39 is 15.9 Å². The maximum Gasteiger partial charge on any atom is 0.264 e. The minimum Gasteiger partial charge on any atom is -0.497 e. The van der Waals surface area contributed by atoms with Crippen LogP contribution in [0.5, 0.6) is 11.5 Å². The number of rotatable bonds is 7. The molecule has 0 unspecified atom stereocenters. The molecule has 0 saturated heterocycles. The maximum atomic E-state index is 13.0. The molecule has 0 atom stereocenters. The summed E-state index contributed by atoms with van der Waals surface area (Å²) in [5.41, 5.74) is 1.92. The Hall–Kier alpha value is -3.52. The Labute approximate surface area is 182 Å². The van der Waals surface area contributed by atoms with Gasteiger partial charge < -0.3 is 14.8 Å². The molecule has 7 nitrogen and oxygen atoms in total. The Morgan fingerprint density at radius 3 is 2.29 bits per heavy atom. The summed E-state index contributed by atoms with van der Waals surface area (Å²) in [5, 5.41) is 2.80. The first-order valence-corrected chi connectivity index (χ1v) is 10.9. The summed E-state index contributed by atoms with van der Waals surface area (Å²) in [4.78, 5) is 13.1. The van der Waals surface area contributed by atoms with Crippen molar-refractivity contribution in [3.63, 3.8) is 0 Å². The van der Waals surface area contributed by atoms with Crippen molar-refractivity contribution >= 4 is 27.3 Å². The van der Waals surface area contributed by atoms with Gasteiger partial charge in [-0.1, -0.05) is 24.3 Å². The van der Waals surface area contributed by atoms with E-state index in [1.54, 1.807) is 68.6 Å². The number of anilines is 2. The third-order valence-electron chi connectivity index (χ3n) is 4.87. The topological polar surface area (TPSA) is 84.9 Å². The van der Waals surface area contributed by atoms with Gasteiger partial charge in [0.1, 0.15) is 11.5 Å². The van der Waals surface area contributed by atoms with Crippen molar-refractivity contribution in [2.45, 2.75) is 11.8 Å². The SMILES string of the molecule is COc1ccc(NC(=O)c2ccc(C)c(N(C)S(=O)(=O)c3ccccc3)c2)c(OC)c1. The Bertz CT molecular complexity index is 1190. The van der Waals surface area contributed by atoms with Gasteiger partial charge in [0.05, 0.1) is 30.5 Å². The number of carbonyl (C=O) groups excluding carboxylic acids is 1. The van der Waals surface area contributed by atoms with E-state index in [9.17, 15) is 13.2 Å². The molecule has 0 saturated carbocycles.